The highest BCUT2D eigenvalue weighted by Gasteiger charge is 2.16. The van der Waals surface area contributed by atoms with Crippen molar-refractivity contribution in [1.82, 2.24) is 14.9 Å². The lowest BCUT2D eigenvalue weighted by molar-refractivity contribution is 0.0747. The smallest absolute Gasteiger partial charge is 0.272 e. The summed E-state index contributed by atoms with van der Waals surface area (Å²) in [7, 11) is 1.78. The Morgan fingerprint density at radius 1 is 1.25 bits per heavy atom. The highest BCUT2D eigenvalue weighted by molar-refractivity contribution is 5.92. The van der Waals surface area contributed by atoms with Crippen LogP contribution in [0.4, 0.5) is 5.82 Å². The number of hydrogen-bond donors (Lipinski definition) is 1. The lowest BCUT2D eigenvalue weighted by atomic mass is 10.2. The molecule has 2 heterocycles. The van der Waals surface area contributed by atoms with Gasteiger partial charge in [-0.15, -0.1) is 0 Å². The summed E-state index contributed by atoms with van der Waals surface area (Å²) in [5.74, 6) is 0.622. The second-order valence-corrected chi connectivity index (χ2v) is 4.33. The third-order valence-electron chi connectivity index (χ3n) is 3.02. The third kappa shape index (κ3) is 3.32. The standard InChI is InChI=1S/C15H18N4O/c1-3-19(11-12-7-9-17-10-8-12)15(20)13-5-4-6-14(16-2)18-13/h4-10H,3,11H2,1-2H3,(H,16,18). The lowest BCUT2D eigenvalue weighted by Crippen LogP contribution is -2.31. The molecule has 0 aliphatic carbocycles. The zero-order valence-corrected chi connectivity index (χ0v) is 11.7. The third-order valence-corrected chi connectivity index (χ3v) is 3.02. The van der Waals surface area contributed by atoms with E-state index in [4.69, 9.17) is 0 Å². The van der Waals surface area contributed by atoms with Gasteiger partial charge >= 0.3 is 0 Å². The first-order valence-corrected chi connectivity index (χ1v) is 6.57. The van der Waals surface area contributed by atoms with Gasteiger partial charge in [-0.3, -0.25) is 9.78 Å². The van der Waals surface area contributed by atoms with Crippen molar-refractivity contribution in [3.05, 3.63) is 54.0 Å². The van der Waals surface area contributed by atoms with Crippen molar-refractivity contribution < 1.29 is 4.79 Å². The van der Waals surface area contributed by atoms with Crippen LogP contribution in [0.3, 0.4) is 0 Å². The number of hydrogen-bond acceptors (Lipinski definition) is 4. The fraction of sp³-hybridized carbons (Fsp3) is 0.267. The van der Waals surface area contributed by atoms with Crippen LogP contribution in [0.25, 0.3) is 0 Å². The fourth-order valence-corrected chi connectivity index (χ4v) is 1.89. The maximum absolute atomic E-state index is 12.5. The Balaban J connectivity index is 2.16. The van der Waals surface area contributed by atoms with Crippen LogP contribution in [0.1, 0.15) is 23.0 Å². The molecular formula is C15H18N4O. The summed E-state index contributed by atoms with van der Waals surface area (Å²) >= 11 is 0. The predicted molar refractivity (Wildman–Crippen MR) is 78.4 cm³/mol. The molecule has 0 spiro atoms. The van der Waals surface area contributed by atoms with Crippen molar-refractivity contribution in [3.8, 4) is 0 Å². The van der Waals surface area contributed by atoms with Gasteiger partial charge in [-0.1, -0.05) is 6.07 Å². The SMILES string of the molecule is CCN(Cc1ccncc1)C(=O)c1cccc(NC)n1. The number of amides is 1. The van der Waals surface area contributed by atoms with Crippen LogP contribution >= 0.6 is 0 Å². The molecule has 0 aliphatic rings. The fourth-order valence-electron chi connectivity index (χ4n) is 1.89. The van der Waals surface area contributed by atoms with Crippen LogP contribution in [-0.2, 0) is 6.54 Å². The number of carbonyl (C=O) groups is 1. The number of aromatic nitrogens is 2. The van der Waals surface area contributed by atoms with Gasteiger partial charge in [0, 0.05) is 32.5 Å². The summed E-state index contributed by atoms with van der Waals surface area (Å²) in [6.07, 6.45) is 3.46. The Morgan fingerprint density at radius 2 is 2.00 bits per heavy atom. The molecule has 2 aromatic heterocycles. The largest absolute Gasteiger partial charge is 0.373 e. The van der Waals surface area contributed by atoms with E-state index in [-0.39, 0.29) is 5.91 Å². The Kier molecular flexibility index (Phi) is 4.65. The molecule has 0 unspecified atom stereocenters. The van der Waals surface area contributed by atoms with Gasteiger partial charge in [0.25, 0.3) is 5.91 Å². The van der Waals surface area contributed by atoms with Crippen LogP contribution < -0.4 is 5.32 Å². The Morgan fingerprint density at radius 3 is 2.65 bits per heavy atom. The molecule has 0 fully saturated rings. The second kappa shape index (κ2) is 6.65. The van der Waals surface area contributed by atoms with Crippen molar-refractivity contribution in [2.45, 2.75) is 13.5 Å². The molecule has 104 valence electrons. The average Bonchev–Trinajstić information content (AvgIpc) is 2.53. The molecule has 0 aliphatic heterocycles. The molecule has 1 amide bonds. The molecule has 5 heteroatoms. The molecule has 0 saturated carbocycles. The number of carbonyl (C=O) groups excluding carboxylic acids is 1. The molecule has 5 nitrogen and oxygen atoms in total. The normalized spacial score (nSPS) is 10.1. The van der Waals surface area contributed by atoms with Crippen molar-refractivity contribution >= 4 is 11.7 Å². The molecule has 0 radical (unpaired) electrons. The van der Waals surface area contributed by atoms with Crippen molar-refractivity contribution in [1.29, 1.82) is 0 Å². The summed E-state index contributed by atoms with van der Waals surface area (Å²) in [5.41, 5.74) is 1.51. The van der Waals surface area contributed by atoms with Gasteiger partial charge in [0.15, 0.2) is 0 Å². The van der Waals surface area contributed by atoms with Crippen molar-refractivity contribution in [3.63, 3.8) is 0 Å². The number of anilines is 1. The first-order valence-electron chi connectivity index (χ1n) is 6.57. The minimum atomic E-state index is -0.0681. The first-order chi connectivity index (χ1) is 9.74. The van der Waals surface area contributed by atoms with Gasteiger partial charge in [0.05, 0.1) is 0 Å². The van der Waals surface area contributed by atoms with Crippen molar-refractivity contribution in [2.75, 3.05) is 18.9 Å². The van der Waals surface area contributed by atoms with E-state index in [1.54, 1.807) is 30.4 Å². The monoisotopic (exact) mass is 270 g/mol. The first kappa shape index (κ1) is 14.0. The quantitative estimate of drug-likeness (QED) is 0.904. The van der Waals surface area contributed by atoms with E-state index in [0.29, 0.717) is 24.6 Å². The maximum Gasteiger partial charge on any atom is 0.272 e. The van der Waals surface area contributed by atoms with E-state index >= 15 is 0 Å². The summed E-state index contributed by atoms with van der Waals surface area (Å²) in [6.45, 7) is 3.15. The molecule has 20 heavy (non-hydrogen) atoms. The molecule has 2 rings (SSSR count). The predicted octanol–water partition coefficient (Wildman–Crippen LogP) is 2.18. The van der Waals surface area contributed by atoms with Crippen LogP contribution in [0, 0.1) is 0 Å². The Bertz CT molecular complexity index is 571. The number of pyridine rings is 2. The molecular weight excluding hydrogens is 252 g/mol. The molecule has 1 N–H and O–H groups in total. The van der Waals surface area contributed by atoms with E-state index in [1.807, 2.05) is 31.2 Å². The van der Waals surface area contributed by atoms with Crippen LogP contribution in [-0.4, -0.2) is 34.4 Å². The summed E-state index contributed by atoms with van der Waals surface area (Å²) in [6, 6.07) is 9.21. The lowest BCUT2D eigenvalue weighted by Gasteiger charge is -2.20. The molecule has 0 atom stereocenters. The van der Waals surface area contributed by atoms with Gasteiger partial charge in [0.1, 0.15) is 11.5 Å². The summed E-state index contributed by atoms with van der Waals surface area (Å²) in [4.78, 5) is 22.5. The topological polar surface area (TPSA) is 58.1 Å². The zero-order chi connectivity index (χ0) is 14.4. The van der Waals surface area contributed by atoms with Gasteiger partial charge in [-0.05, 0) is 36.8 Å². The second-order valence-electron chi connectivity index (χ2n) is 4.33. The Hall–Kier alpha value is -2.43. The van der Waals surface area contributed by atoms with Gasteiger partial charge < -0.3 is 10.2 Å². The van der Waals surface area contributed by atoms with E-state index in [0.717, 1.165) is 5.56 Å². The van der Waals surface area contributed by atoms with E-state index < -0.39 is 0 Å². The van der Waals surface area contributed by atoms with Gasteiger partial charge in [-0.25, -0.2) is 4.98 Å². The summed E-state index contributed by atoms with van der Waals surface area (Å²) in [5, 5.41) is 2.94. The zero-order valence-electron chi connectivity index (χ0n) is 11.7. The van der Waals surface area contributed by atoms with E-state index in [1.165, 1.54) is 0 Å². The number of nitrogens with one attached hydrogen (secondary N) is 1. The maximum atomic E-state index is 12.5. The highest BCUT2D eigenvalue weighted by Crippen LogP contribution is 2.10. The van der Waals surface area contributed by atoms with Crippen LogP contribution in [0.15, 0.2) is 42.7 Å². The van der Waals surface area contributed by atoms with Crippen molar-refractivity contribution in [2.24, 2.45) is 0 Å². The van der Waals surface area contributed by atoms with Crippen LogP contribution in [0.5, 0.6) is 0 Å². The van der Waals surface area contributed by atoms with Gasteiger partial charge in [-0.2, -0.15) is 0 Å². The molecule has 0 saturated heterocycles. The Labute approximate surface area is 118 Å². The average molecular weight is 270 g/mol. The molecule has 0 aromatic carbocycles. The molecule has 2 aromatic rings. The molecule has 0 bridgehead atoms. The van der Waals surface area contributed by atoms with E-state index in [2.05, 4.69) is 15.3 Å². The van der Waals surface area contributed by atoms with E-state index in [9.17, 15) is 4.79 Å². The highest BCUT2D eigenvalue weighted by atomic mass is 16.2. The number of rotatable bonds is 5. The summed E-state index contributed by atoms with van der Waals surface area (Å²) < 4.78 is 0. The number of nitrogens with zero attached hydrogens (tertiary/aromatic N) is 3. The minimum absolute atomic E-state index is 0.0681. The van der Waals surface area contributed by atoms with Crippen LogP contribution in [0.2, 0.25) is 0 Å². The van der Waals surface area contributed by atoms with Gasteiger partial charge in [0.2, 0.25) is 0 Å². The minimum Gasteiger partial charge on any atom is -0.373 e.